The number of aromatic nitrogens is 2. The monoisotopic (exact) mass is 279 g/mol. The first-order chi connectivity index (χ1) is 9.28. The van der Waals surface area contributed by atoms with Crippen LogP contribution in [0.1, 0.15) is 35.1 Å². The van der Waals surface area contributed by atoms with Gasteiger partial charge in [0.15, 0.2) is 5.82 Å². The van der Waals surface area contributed by atoms with Gasteiger partial charge < -0.3 is 15.0 Å². The van der Waals surface area contributed by atoms with Gasteiger partial charge in [-0.2, -0.15) is 4.98 Å². The maximum absolute atomic E-state index is 5.89. The third kappa shape index (κ3) is 2.56. The van der Waals surface area contributed by atoms with Gasteiger partial charge >= 0.3 is 0 Å². The molecule has 2 heterocycles. The summed E-state index contributed by atoms with van der Waals surface area (Å²) in [7, 11) is 1.61. The first-order valence-corrected chi connectivity index (χ1v) is 7.29. The molecular formula is C13H17N3O2S. The quantitative estimate of drug-likeness (QED) is 0.929. The summed E-state index contributed by atoms with van der Waals surface area (Å²) in [4.78, 5) is 6.88. The first kappa shape index (κ1) is 12.8. The van der Waals surface area contributed by atoms with Crippen LogP contribution >= 0.6 is 11.3 Å². The molecule has 102 valence electrons. The standard InChI is InChI=1S/C13H17N3O2S/c1-17-7-9(14)12-15-13(18-16-12)11-6-8-4-2-3-5-10(8)19-11/h6,9H,2-5,7,14H2,1H3. The second-order valence-corrected chi connectivity index (χ2v) is 5.92. The predicted molar refractivity (Wildman–Crippen MR) is 73.1 cm³/mol. The third-order valence-corrected chi connectivity index (χ3v) is 4.55. The summed E-state index contributed by atoms with van der Waals surface area (Å²) >= 11 is 1.76. The lowest BCUT2D eigenvalue weighted by Crippen LogP contribution is -2.17. The Balaban J connectivity index is 1.84. The van der Waals surface area contributed by atoms with Crippen LogP contribution in [0.5, 0.6) is 0 Å². The number of ether oxygens (including phenoxy) is 1. The molecule has 1 aliphatic rings. The average Bonchev–Trinajstić information content (AvgIpc) is 3.05. The minimum absolute atomic E-state index is 0.336. The molecule has 0 aromatic carbocycles. The van der Waals surface area contributed by atoms with E-state index >= 15 is 0 Å². The molecule has 0 spiro atoms. The average molecular weight is 279 g/mol. The van der Waals surface area contributed by atoms with Crippen LogP contribution in [0, 0.1) is 0 Å². The lowest BCUT2D eigenvalue weighted by Gasteiger charge is -2.08. The Morgan fingerprint density at radius 1 is 1.47 bits per heavy atom. The van der Waals surface area contributed by atoms with Crippen molar-refractivity contribution >= 4 is 11.3 Å². The van der Waals surface area contributed by atoms with Crippen molar-refractivity contribution < 1.29 is 9.26 Å². The number of hydrogen-bond donors (Lipinski definition) is 1. The highest BCUT2D eigenvalue weighted by Crippen LogP contribution is 2.35. The fourth-order valence-corrected chi connectivity index (χ4v) is 3.51. The number of hydrogen-bond acceptors (Lipinski definition) is 6. The lowest BCUT2D eigenvalue weighted by molar-refractivity contribution is 0.177. The molecule has 6 heteroatoms. The molecule has 0 saturated carbocycles. The van der Waals surface area contributed by atoms with Crippen molar-refractivity contribution in [2.75, 3.05) is 13.7 Å². The van der Waals surface area contributed by atoms with Gasteiger partial charge in [-0.25, -0.2) is 0 Å². The predicted octanol–water partition coefficient (Wildman–Crippen LogP) is 2.32. The molecule has 0 aliphatic heterocycles. The summed E-state index contributed by atoms with van der Waals surface area (Å²) in [6.45, 7) is 0.389. The summed E-state index contributed by atoms with van der Waals surface area (Å²) in [6, 6.07) is 1.84. The molecule has 0 radical (unpaired) electrons. The fraction of sp³-hybridized carbons (Fsp3) is 0.538. The van der Waals surface area contributed by atoms with Gasteiger partial charge in [0.2, 0.25) is 0 Å². The number of methoxy groups -OCH3 is 1. The SMILES string of the molecule is COCC(N)c1noc(-c2cc3c(s2)CCCC3)n1. The smallest absolute Gasteiger partial charge is 0.268 e. The second kappa shape index (κ2) is 5.40. The zero-order valence-corrected chi connectivity index (χ0v) is 11.7. The van der Waals surface area contributed by atoms with Crippen LogP contribution in [0.3, 0.4) is 0 Å². The Kier molecular flexibility index (Phi) is 3.63. The van der Waals surface area contributed by atoms with E-state index in [0.717, 1.165) is 11.3 Å². The molecule has 5 nitrogen and oxygen atoms in total. The minimum Gasteiger partial charge on any atom is -0.383 e. The lowest BCUT2D eigenvalue weighted by atomic mass is 9.99. The Morgan fingerprint density at radius 2 is 2.32 bits per heavy atom. The summed E-state index contributed by atoms with van der Waals surface area (Å²) in [5, 5.41) is 3.93. The van der Waals surface area contributed by atoms with Crippen molar-refractivity contribution in [2.24, 2.45) is 5.73 Å². The minimum atomic E-state index is -0.336. The van der Waals surface area contributed by atoms with Crippen LogP contribution in [0.4, 0.5) is 0 Å². The highest BCUT2D eigenvalue weighted by atomic mass is 32.1. The number of fused-ring (bicyclic) bond motifs is 1. The molecule has 0 saturated heterocycles. The molecule has 1 unspecified atom stereocenters. The van der Waals surface area contributed by atoms with Crippen LogP contribution in [0.2, 0.25) is 0 Å². The zero-order valence-electron chi connectivity index (χ0n) is 10.9. The van der Waals surface area contributed by atoms with Crippen molar-refractivity contribution in [1.29, 1.82) is 0 Å². The van der Waals surface area contributed by atoms with Crippen LogP contribution in [0.25, 0.3) is 10.8 Å². The van der Waals surface area contributed by atoms with E-state index in [-0.39, 0.29) is 6.04 Å². The summed E-state index contributed by atoms with van der Waals surface area (Å²) in [6.07, 6.45) is 4.89. The zero-order chi connectivity index (χ0) is 13.2. The molecule has 1 atom stereocenters. The molecule has 2 aromatic rings. The van der Waals surface area contributed by atoms with Crippen molar-refractivity contribution in [3.8, 4) is 10.8 Å². The summed E-state index contributed by atoms with van der Waals surface area (Å²) in [5.74, 6) is 1.07. The Bertz CT molecular complexity index is 540. The fourth-order valence-electron chi connectivity index (χ4n) is 2.34. The molecule has 2 N–H and O–H groups in total. The van der Waals surface area contributed by atoms with E-state index in [1.54, 1.807) is 18.4 Å². The largest absolute Gasteiger partial charge is 0.383 e. The van der Waals surface area contributed by atoms with Crippen LogP contribution < -0.4 is 5.73 Å². The summed E-state index contributed by atoms with van der Waals surface area (Å²) < 4.78 is 10.3. The highest BCUT2D eigenvalue weighted by molar-refractivity contribution is 7.15. The second-order valence-electron chi connectivity index (χ2n) is 4.79. The molecule has 3 rings (SSSR count). The van der Waals surface area contributed by atoms with Crippen LogP contribution in [-0.2, 0) is 17.6 Å². The Morgan fingerprint density at radius 3 is 3.11 bits per heavy atom. The Labute approximate surface area is 115 Å². The molecular weight excluding hydrogens is 262 g/mol. The van der Waals surface area contributed by atoms with Gasteiger partial charge in [0, 0.05) is 12.0 Å². The normalized spacial score (nSPS) is 16.3. The van der Waals surface area contributed by atoms with E-state index in [1.165, 1.54) is 29.7 Å². The van der Waals surface area contributed by atoms with E-state index in [4.69, 9.17) is 15.0 Å². The van der Waals surface area contributed by atoms with E-state index < -0.39 is 0 Å². The van der Waals surface area contributed by atoms with Gasteiger partial charge in [0.1, 0.15) is 0 Å². The topological polar surface area (TPSA) is 74.2 Å². The van der Waals surface area contributed by atoms with Gasteiger partial charge in [-0.15, -0.1) is 11.3 Å². The van der Waals surface area contributed by atoms with E-state index in [9.17, 15) is 0 Å². The molecule has 0 amide bonds. The van der Waals surface area contributed by atoms with E-state index in [2.05, 4.69) is 16.2 Å². The van der Waals surface area contributed by atoms with Crippen molar-refractivity contribution in [3.05, 3.63) is 22.3 Å². The number of aryl methyl sites for hydroxylation is 2. The van der Waals surface area contributed by atoms with Gasteiger partial charge in [-0.1, -0.05) is 5.16 Å². The number of thiophene rings is 1. The van der Waals surface area contributed by atoms with Crippen LogP contribution in [0.15, 0.2) is 10.6 Å². The Hall–Kier alpha value is -1.24. The van der Waals surface area contributed by atoms with Gasteiger partial charge in [-0.05, 0) is 37.3 Å². The van der Waals surface area contributed by atoms with Gasteiger partial charge in [0.05, 0.1) is 17.5 Å². The van der Waals surface area contributed by atoms with Crippen LogP contribution in [-0.4, -0.2) is 23.9 Å². The van der Waals surface area contributed by atoms with Crippen molar-refractivity contribution in [3.63, 3.8) is 0 Å². The molecule has 2 aromatic heterocycles. The maximum atomic E-state index is 5.89. The maximum Gasteiger partial charge on any atom is 0.268 e. The first-order valence-electron chi connectivity index (χ1n) is 6.48. The third-order valence-electron chi connectivity index (χ3n) is 3.33. The van der Waals surface area contributed by atoms with Crippen molar-refractivity contribution in [2.45, 2.75) is 31.7 Å². The van der Waals surface area contributed by atoms with Gasteiger partial charge in [-0.3, -0.25) is 0 Å². The molecule has 0 bridgehead atoms. The van der Waals surface area contributed by atoms with Crippen molar-refractivity contribution in [1.82, 2.24) is 10.1 Å². The molecule has 19 heavy (non-hydrogen) atoms. The number of nitrogens with zero attached hydrogens (tertiary/aromatic N) is 2. The number of rotatable bonds is 4. The van der Waals surface area contributed by atoms with E-state index in [0.29, 0.717) is 18.3 Å². The number of nitrogens with two attached hydrogens (primary N) is 1. The van der Waals surface area contributed by atoms with E-state index in [1.807, 2.05) is 0 Å². The summed E-state index contributed by atoms with van der Waals surface area (Å²) in [5.41, 5.74) is 7.32. The molecule has 1 aliphatic carbocycles. The van der Waals surface area contributed by atoms with Gasteiger partial charge in [0.25, 0.3) is 5.89 Å². The molecule has 0 fully saturated rings. The highest BCUT2D eigenvalue weighted by Gasteiger charge is 2.19.